The predicted octanol–water partition coefficient (Wildman–Crippen LogP) is -3.84. The molecule has 2 aromatic carbocycles. The van der Waals surface area contributed by atoms with Gasteiger partial charge in [-0.15, -0.1) is 0 Å². The monoisotopic (exact) mass is 521 g/mol. The van der Waals surface area contributed by atoms with Crippen molar-refractivity contribution in [2.45, 2.75) is 36.7 Å². The highest BCUT2D eigenvalue weighted by Crippen LogP contribution is 2.37. The van der Waals surface area contributed by atoms with Crippen molar-refractivity contribution in [1.82, 2.24) is 15.0 Å². The molecule has 0 saturated carbocycles. The summed E-state index contributed by atoms with van der Waals surface area (Å²) in [5.41, 5.74) is 2.60. The zero-order valence-electron chi connectivity index (χ0n) is 21.2. The maximum absolute atomic E-state index is 15.0. The number of nitrogens with zero attached hydrogens (tertiary/aromatic N) is 2. The first kappa shape index (κ1) is 27.0. The van der Waals surface area contributed by atoms with Crippen LogP contribution in [0.15, 0.2) is 30.3 Å². The van der Waals surface area contributed by atoms with Crippen LogP contribution in [0.4, 0.5) is 8.78 Å². The minimum absolute atomic E-state index is 0.106. The van der Waals surface area contributed by atoms with E-state index in [0.29, 0.717) is 27.6 Å². The van der Waals surface area contributed by atoms with Gasteiger partial charge in [0.25, 0.3) is 11.8 Å². The van der Waals surface area contributed by atoms with Gasteiger partial charge in [-0.3, -0.25) is 24.5 Å². The molecule has 7 nitrogen and oxygen atoms in total. The van der Waals surface area contributed by atoms with Gasteiger partial charge >= 0.3 is 5.92 Å². The molecule has 2 heterocycles. The molecule has 2 aliphatic rings. The molecule has 1 N–H and O–H groups in total. The number of piperidine rings is 1. The summed E-state index contributed by atoms with van der Waals surface area (Å²) in [4.78, 5) is 53.1. The van der Waals surface area contributed by atoms with Crippen LogP contribution in [0.3, 0.4) is 0 Å². The number of halogens is 3. The molecule has 1 saturated heterocycles. The Hall–Kier alpha value is -3.01. The number of hydrogen-bond acceptors (Lipinski definition) is 4. The van der Waals surface area contributed by atoms with Crippen molar-refractivity contribution < 1.29 is 28.0 Å². The maximum atomic E-state index is 15.0. The third-order valence-electron chi connectivity index (χ3n) is 7.29. The van der Waals surface area contributed by atoms with Gasteiger partial charge in [0.15, 0.2) is 0 Å². The van der Waals surface area contributed by atoms with Crippen LogP contribution in [-0.4, -0.2) is 78.7 Å². The Kier molecular flexibility index (Phi) is 6.86. The van der Waals surface area contributed by atoms with Crippen LogP contribution in [-0.2, 0) is 32.2 Å². The standard InChI is InChI=1S/C22H23B5ClF2N3O4/c23-12-7-9(8-32(27)20(37)21(29,30)10-1-3-11(28)4-2-10)17(24)16-15(12)19(36)33(22(16,25)26)13-5-6-14(34)31-18(13)35/h1-4,7,13H,5-6,8,23-27H2,(H,31,34,35). The van der Waals surface area contributed by atoms with Gasteiger partial charge in [0, 0.05) is 34.5 Å². The summed E-state index contributed by atoms with van der Waals surface area (Å²) in [7, 11) is 8.47. The van der Waals surface area contributed by atoms with Crippen molar-refractivity contribution >= 4 is 85.5 Å². The minimum Gasteiger partial charge on any atom is -0.384 e. The smallest absolute Gasteiger partial charge is 0.348 e. The van der Waals surface area contributed by atoms with Crippen molar-refractivity contribution in [3.05, 3.63) is 57.6 Å². The average molecular weight is 521 g/mol. The summed E-state index contributed by atoms with van der Waals surface area (Å²) in [6.07, 6.45) is 0.348. The highest BCUT2D eigenvalue weighted by Gasteiger charge is 2.50. The van der Waals surface area contributed by atoms with E-state index in [2.05, 4.69) is 5.32 Å². The number of fused-ring (bicyclic) bond motifs is 1. The molecular weight excluding hydrogens is 498 g/mol. The molecule has 0 radical (unpaired) electrons. The number of carbonyl (C=O) groups excluding carboxylic acids is 4. The molecule has 4 amide bonds. The van der Waals surface area contributed by atoms with E-state index in [1.54, 1.807) is 21.8 Å². The number of imide groups is 1. The van der Waals surface area contributed by atoms with Gasteiger partial charge in [0.05, 0.1) is 0 Å². The number of rotatable bonds is 5. The van der Waals surface area contributed by atoms with Crippen LogP contribution in [0.25, 0.3) is 0 Å². The summed E-state index contributed by atoms with van der Waals surface area (Å²) >= 11 is 5.79. The maximum Gasteiger partial charge on any atom is 0.348 e. The first-order chi connectivity index (χ1) is 17.2. The van der Waals surface area contributed by atoms with Crippen LogP contribution >= 0.6 is 11.6 Å². The van der Waals surface area contributed by atoms with Crippen LogP contribution in [0, 0.1) is 0 Å². The van der Waals surface area contributed by atoms with E-state index < -0.39 is 34.7 Å². The SMILES string of the molecule is Bc1cc(CN(B)C(=O)C(F)(F)c2ccc(Cl)cc2)c(B)c2c1C(=O)N(C1CCC(=O)NC1=O)C2(B)B. The summed E-state index contributed by atoms with van der Waals surface area (Å²) in [5, 5.41) is 1.68. The molecule has 4 rings (SSSR count). The second-order valence-electron chi connectivity index (χ2n) is 10.2. The lowest BCUT2D eigenvalue weighted by molar-refractivity contribution is -0.154. The van der Waals surface area contributed by atoms with Gasteiger partial charge in [-0.1, -0.05) is 40.7 Å². The molecule has 0 bridgehead atoms. The Morgan fingerprint density at radius 3 is 2.41 bits per heavy atom. The second kappa shape index (κ2) is 9.38. The Morgan fingerprint density at radius 2 is 1.81 bits per heavy atom. The highest BCUT2D eigenvalue weighted by atomic mass is 35.5. The second-order valence-corrected chi connectivity index (χ2v) is 10.6. The van der Waals surface area contributed by atoms with Gasteiger partial charge in [-0.25, -0.2) is 0 Å². The zero-order valence-corrected chi connectivity index (χ0v) is 22.0. The molecule has 0 aliphatic carbocycles. The molecule has 2 aliphatic heterocycles. The number of amides is 4. The lowest BCUT2D eigenvalue weighted by Crippen LogP contribution is -2.59. The summed E-state index contributed by atoms with van der Waals surface area (Å²) in [5.74, 6) is -6.33. The van der Waals surface area contributed by atoms with Gasteiger partial charge in [0.1, 0.15) is 37.4 Å². The highest BCUT2D eigenvalue weighted by molar-refractivity contribution is 6.49. The van der Waals surface area contributed by atoms with Crippen LogP contribution in [0.5, 0.6) is 0 Å². The van der Waals surface area contributed by atoms with Crippen molar-refractivity contribution in [3.8, 4) is 0 Å². The third-order valence-corrected chi connectivity index (χ3v) is 7.54. The van der Waals surface area contributed by atoms with Crippen molar-refractivity contribution in [1.29, 1.82) is 0 Å². The molecule has 1 unspecified atom stereocenters. The molecule has 37 heavy (non-hydrogen) atoms. The van der Waals surface area contributed by atoms with Crippen molar-refractivity contribution in [2.24, 2.45) is 0 Å². The van der Waals surface area contributed by atoms with Crippen molar-refractivity contribution in [3.63, 3.8) is 0 Å². The van der Waals surface area contributed by atoms with Gasteiger partial charge in [-0.2, -0.15) is 8.78 Å². The topological polar surface area (TPSA) is 86.8 Å². The Morgan fingerprint density at radius 1 is 1.19 bits per heavy atom. The number of alkyl halides is 2. The lowest BCUT2D eigenvalue weighted by Gasteiger charge is -2.40. The van der Waals surface area contributed by atoms with E-state index in [1.165, 1.54) is 25.0 Å². The van der Waals surface area contributed by atoms with E-state index in [9.17, 15) is 28.0 Å². The molecule has 186 valence electrons. The predicted molar refractivity (Wildman–Crippen MR) is 148 cm³/mol. The molecule has 0 aromatic heterocycles. The minimum atomic E-state index is -3.75. The summed E-state index contributed by atoms with van der Waals surface area (Å²) in [6, 6.07) is 5.77. The quantitative estimate of drug-likeness (QED) is 0.323. The fourth-order valence-electron chi connectivity index (χ4n) is 5.50. The molecule has 1 fully saturated rings. The third kappa shape index (κ3) is 4.49. The first-order valence-corrected chi connectivity index (χ1v) is 12.3. The molecule has 1 atom stereocenters. The zero-order chi connectivity index (χ0) is 27.4. The van der Waals surface area contributed by atoms with E-state index in [1.807, 2.05) is 15.7 Å². The molecule has 0 spiro atoms. The number of benzene rings is 2. The Labute approximate surface area is 222 Å². The van der Waals surface area contributed by atoms with Gasteiger partial charge < -0.3 is 9.71 Å². The number of carbonyl (C=O) groups is 4. The largest absolute Gasteiger partial charge is 0.384 e. The average Bonchev–Trinajstić information content (AvgIpc) is 3.03. The van der Waals surface area contributed by atoms with E-state index in [0.717, 1.165) is 16.9 Å². The molecular formula is C22H23B5ClF2N3O4. The van der Waals surface area contributed by atoms with Gasteiger partial charge in [0.2, 0.25) is 19.8 Å². The van der Waals surface area contributed by atoms with E-state index in [4.69, 9.17) is 11.6 Å². The van der Waals surface area contributed by atoms with Crippen LogP contribution < -0.4 is 16.2 Å². The normalized spacial score (nSPS) is 18.9. The van der Waals surface area contributed by atoms with Gasteiger partial charge in [-0.05, 0) is 29.7 Å². The Bertz CT molecular complexity index is 1340. The first-order valence-electron chi connectivity index (χ1n) is 11.9. The molecule has 2 aromatic rings. The van der Waals surface area contributed by atoms with Crippen LogP contribution in [0.2, 0.25) is 5.02 Å². The van der Waals surface area contributed by atoms with E-state index in [-0.39, 0.29) is 36.2 Å². The molecule has 15 heteroatoms. The lowest BCUT2D eigenvalue weighted by atomic mass is 9.54. The fraction of sp³-hybridized carbons (Fsp3) is 0.273. The summed E-state index contributed by atoms with van der Waals surface area (Å²) < 4.78 is 30.0. The summed E-state index contributed by atoms with van der Waals surface area (Å²) in [6.45, 7) is -0.106. The Balaban J connectivity index is 1.66. The van der Waals surface area contributed by atoms with Crippen LogP contribution in [0.1, 0.15) is 39.9 Å². The van der Waals surface area contributed by atoms with E-state index >= 15 is 0 Å². The number of nitrogens with one attached hydrogen (secondary N) is 1. The fourth-order valence-corrected chi connectivity index (χ4v) is 5.62. The number of hydrogen-bond donors (Lipinski definition) is 1. The van der Waals surface area contributed by atoms with Crippen molar-refractivity contribution in [2.75, 3.05) is 0 Å².